The van der Waals surface area contributed by atoms with Crippen molar-refractivity contribution < 1.29 is 4.79 Å². The average Bonchev–Trinajstić information content (AvgIpc) is 2.97. The molecule has 0 radical (unpaired) electrons. The summed E-state index contributed by atoms with van der Waals surface area (Å²) in [6, 6.07) is 4.63. The number of likely N-dealkylation sites (tertiary alicyclic amines) is 1. The van der Waals surface area contributed by atoms with Crippen LogP contribution in [-0.2, 0) is 4.79 Å². The number of carbonyl (C=O) groups excluding carboxylic acids is 1. The molecule has 0 spiro atoms. The molecule has 4 unspecified atom stereocenters. The maximum Gasteiger partial charge on any atom is 0.224 e. The van der Waals surface area contributed by atoms with Crippen LogP contribution in [0.4, 0.5) is 0 Å². The Kier molecular flexibility index (Phi) is 5.79. The molecule has 118 valence electrons. The van der Waals surface area contributed by atoms with Gasteiger partial charge in [0.25, 0.3) is 0 Å². The number of carbonyl (C=O) groups is 1. The van der Waals surface area contributed by atoms with Crippen LogP contribution in [0, 0.1) is 11.8 Å². The van der Waals surface area contributed by atoms with Gasteiger partial charge in [0.2, 0.25) is 5.91 Å². The first-order chi connectivity index (χ1) is 10.0. The van der Waals surface area contributed by atoms with E-state index < -0.39 is 0 Å². The summed E-state index contributed by atoms with van der Waals surface area (Å²) in [5, 5.41) is 5.24. The fraction of sp³-hybridized carbons (Fsp3) is 0.688. The zero-order chi connectivity index (χ0) is 15.4. The van der Waals surface area contributed by atoms with Gasteiger partial charge in [-0.25, -0.2) is 0 Å². The third kappa shape index (κ3) is 4.05. The Morgan fingerprint density at radius 2 is 2.33 bits per heavy atom. The van der Waals surface area contributed by atoms with Crippen molar-refractivity contribution in [2.75, 3.05) is 20.1 Å². The van der Waals surface area contributed by atoms with E-state index in [0.29, 0.717) is 12.0 Å². The molecule has 1 aromatic heterocycles. The Morgan fingerprint density at radius 1 is 1.57 bits per heavy atom. The number of rotatable bonds is 5. The van der Waals surface area contributed by atoms with Crippen LogP contribution in [0.1, 0.15) is 37.6 Å². The van der Waals surface area contributed by atoms with Crippen molar-refractivity contribution in [3.63, 3.8) is 0 Å². The second kappa shape index (κ2) is 7.38. The highest BCUT2D eigenvalue weighted by molar-refractivity contribution is 7.10. The lowest BCUT2D eigenvalue weighted by atomic mass is 9.88. The van der Waals surface area contributed by atoms with Crippen LogP contribution in [-0.4, -0.2) is 37.0 Å². The largest absolute Gasteiger partial charge is 0.355 e. The lowest BCUT2D eigenvalue weighted by Crippen LogP contribution is -2.44. The summed E-state index contributed by atoms with van der Waals surface area (Å²) in [6.45, 7) is 5.64. The molecule has 3 N–H and O–H groups in total. The van der Waals surface area contributed by atoms with Crippen molar-refractivity contribution >= 4 is 17.2 Å². The van der Waals surface area contributed by atoms with Crippen molar-refractivity contribution in [2.45, 2.75) is 38.8 Å². The molecular formula is C16H27N3OS. The predicted octanol–water partition coefficient (Wildman–Crippen LogP) is 2.23. The monoisotopic (exact) mass is 309 g/mol. The van der Waals surface area contributed by atoms with Gasteiger partial charge in [-0.2, -0.15) is 0 Å². The fourth-order valence-corrected chi connectivity index (χ4v) is 4.00. The number of piperidine rings is 1. The summed E-state index contributed by atoms with van der Waals surface area (Å²) >= 11 is 1.81. The zero-order valence-electron chi connectivity index (χ0n) is 13.2. The van der Waals surface area contributed by atoms with E-state index in [4.69, 9.17) is 5.73 Å². The van der Waals surface area contributed by atoms with Crippen molar-refractivity contribution in [1.82, 2.24) is 10.2 Å². The summed E-state index contributed by atoms with van der Waals surface area (Å²) in [5.74, 6) is 0.418. The van der Waals surface area contributed by atoms with Crippen LogP contribution < -0.4 is 11.1 Å². The molecule has 4 atom stereocenters. The van der Waals surface area contributed by atoms with Crippen molar-refractivity contribution in [2.24, 2.45) is 17.6 Å². The van der Waals surface area contributed by atoms with E-state index in [2.05, 4.69) is 34.8 Å². The van der Waals surface area contributed by atoms with E-state index in [-0.39, 0.29) is 17.9 Å². The third-order valence-electron chi connectivity index (χ3n) is 4.58. The number of thiophene rings is 1. The molecule has 2 heterocycles. The highest BCUT2D eigenvalue weighted by Gasteiger charge is 2.31. The first-order valence-electron chi connectivity index (χ1n) is 7.77. The molecule has 1 fully saturated rings. The minimum atomic E-state index is -0.133. The van der Waals surface area contributed by atoms with Crippen molar-refractivity contribution in [3.05, 3.63) is 22.4 Å². The van der Waals surface area contributed by atoms with Crippen LogP contribution in [0.5, 0.6) is 0 Å². The molecule has 1 amide bonds. The number of hydrogen-bond donors (Lipinski definition) is 2. The first kappa shape index (κ1) is 16.5. The fourth-order valence-electron chi connectivity index (χ4n) is 3.01. The predicted molar refractivity (Wildman–Crippen MR) is 88.2 cm³/mol. The van der Waals surface area contributed by atoms with Gasteiger partial charge in [0.15, 0.2) is 0 Å². The Hall–Kier alpha value is -0.910. The van der Waals surface area contributed by atoms with E-state index in [1.54, 1.807) is 0 Å². The van der Waals surface area contributed by atoms with Gasteiger partial charge >= 0.3 is 0 Å². The van der Waals surface area contributed by atoms with Gasteiger partial charge in [-0.3, -0.25) is 9.69 Å². The second-order valence-corrected chi connectivity index (χ2v) is 7.22. The maximum absolute atomic E-state index is 12.1. The van der Waals surface area contributed by atoms with E-state index in [0.717, 1.165) is 13.1 Å². The molecule has 1 aliphatic heterocycles. The minimum absolute atomic E-state index is 0.0724. The molecule has 0 aliphatic carbocycles. The van der Waals surface area contributed by atoms with Gasteiger partial charge < -0.3 is 11.1 Å². The zero-order valence-corrected chi connectivity index (χ0v) is 14.0. The molecule has 0 bridgehead atoms. The third-order valence-corrected chi connectivity index (χ3v) is 5.53. The molecule has 1 aliphatic rings. The Morgan fingerprint density at radius 3 is 2.95 bits per heavy atom. The lowest BCUT2D eigenvalue weighted by Gasteiger charge is -2.39. The topological polar surface area (TPSA) is 58.4 Å². The van der Waals surface area contributed by atoms with Gasteiger partial charge in [-0.15, -0.1) is 11.3 Å². The Bertz CT molecular complexity index is 446. The summed E-state index contributed by atoms with van der Waals surface area (Å²) in [6.07, 6.45) is 2.36. The number of amides is 1. The van der Waals surface area contributed by atoms with Crippen LogP contribution in [0.25, 0.3) is 0 Å². The highest BCUT2D eigenvalue weighted by atomic mass is 32.1. The molecule has 21 heavy (non-hydrogen) atoms. The quantitative estimate of drug-likeness (QED) is 0.877. The maximum atomic E-state index is 12.1. The van der Waals surface area contributed by atoms with E-state index in [9.17, 15) is 4.79 Å². The summed E-state index contributed by atoms with van der Waals surface area (Å²) in [5.41, 5.74) is 5.80. The highest BCUT2D eigenvalue weighted by Crippen LogP contribution is 2.36. The summed E-state index contributed by atoms with van der Waals surface area (Å²) in [7, 11) is 2.18. The molecule has 0 aromatic carbocycles. The van der Waals surface area contributed by atoms with Gasteiger partial charge in [-0.05, 0) is 50.7 Å². The SMILES string of the molecule is CC(N)C(C)C(=O)NCC1CCCN(C)C1c1cccs1. The smallest absolute Gasteiger partial charge is 0.224 e. The van der Waals surface area contributed by atoms with E-state index in [1.165, 1.54) is 17.7 Å². The normalized spacial score (nSPS) is 26.3. The van der Waals surface area contributed by atoms with E-state index in [1.807, 2.05) is 25.2 Å². The van der Waals surface area contributed by atoms with Gasteiger partial charge in [-0.1, -0.05) is 13.0 Å². The Balaban J connectivity index is 1.98. The number of nitrogens with two attached hydrogens (primary N) is 1. The number of hydrogen-bond acceptors (Lipinski definition) is 4. The lowest BCUT2D eigenvalue weighted by molar-refractivity contribution is -0.125. The first-order valence-corrected chi connectivity index (χ1v) is 8.65. The van der Waals surface area contributed by atoms with Crippen molar-refractivity contribution in [3.8, 4) is 0 Å². The standard InChI is InChI=1S/C16H27N3OS/c1-11(12(2)17)16(20)18-10-13-6-4-8-19(3)15(13)14-7-5-9-21-14/h5,7,9,11-13,15H,4,6,8,10,17H2,1-3H3,(H,18,20). The van der Waals surface area contributed by atoms with Gasteiger partial charge in [0.05, 0.1) is 0 Å². The van der Waals surface area contributed by atoms with E-state index >= 15 is 0 Å². The van der Waals surface area contributed by atoms with Crippen LogP contribution in [0.2, 0.25) is 0 Å². The molecule has 5 heteroatoms. The van der Waals surface area contributed by atoms with Crippen LogP contribution >= 0.6 is 11.3 Å². The van der Waals surface area contributed by atoms with Gasteiger partial charge in [0.1, 0.15) is 0 Å². The molecular weight excluding hydrogens is 282 g/mol. The summed E-state index contributed by atoms with van der Waals surface area (Å²) < 4.78 is 0. The van der Waals surface area contributed by atoms with Gasteiger partial charge in [0, 0.05) is 29.4 Å². The second-order valence-electron chi connectivity index (χ2n) is 6.24. The average molecular weight is 309 g/mol. The molecule has 4 nitrogen and oxygen atoms in total. The molecule has 1 aromatic rings. The molecule has 0 saturated carbocycles. The number of nitrogens with one attached hydrogen (secondary N) is 1. The molecule has 2 rings (SSSR count). The summed E-state index contributed by atoms with van der Waals surface area (Å²) in [4.78, 5) is 15.9. The van der Waals surface area contributed by atoms with Crippen molar-refractivity contribution in [1.29, 1.82) is 0 Å². The van der Waals surface area contributed by atoms with Crippen LogP contribution in [0.3, 0.4) is 0 Å². The van der Waals surface area contributed by atoms with Crippen LogP contribution in [0.15, 0.2) is 17.5 Å². The number of nitrogens with zero attached hydrogens (tertiary/aromatic N) is 1. The minimum Gasteiger partial charge on any atom is -0.355 e. The Labute approximate surface area is 131 Å². The molecule has 1 saturated heterocycles.